The fraction of sp³-hybridized carbons (Fsp3) is 0.429. The molecule has 1 aromatic heterocycles. The Morgan fingerprint density at radius 1 is 1.37 bits per heavy atom. The molecule has 2 heterocycles. The molecule has 1 saturated heterocycles. The third kappa shape index (κ3) is 2.15. The monoisotopic (exact) mass is 276 g/mol. The van der Waals surface area contributed by atoms with Crippen LogP contribution in [0.4, 0.5) is 0 Å². The second-order valence-corrected chi connectivity index (χ2v) is 5.44. The zero-order chi connectivity index (χ0) is 13.3. The van der Waals surface area contributed by atoms with Crippen LogP contribution < -0.4 is 5.32 Å². The predicted molar refractivity (Wildman–Crippen MR) is 75.4 cm³/mol. The summed E-state index contributed by atoms with van der Waals surface area (Å²) in [6.07, 6.45) is 2.50. The molecule has 5 heteroatoms. The van der Waals surface area contributed by atoms with Crippen LogP contribution in [0.3, 0.4) is 0 Å². The lowest BCUT2D eigenvalue weighted by atomic mass is 9.72. The smallest absolute Gasteiger partial charge is 0.138 e. The van der Waals surface area contributed by atoms with Crippen LogP contribution in [0, 0.1) is 0 Å². The van der Waals surface area contributed by atoms with Crippen molar-refractivity contribution in [3.05, 3.63) is 47.0 Å². The second-order valence-electron chi connectivity index (χ2n) is 5.03. The topological polar surface area (TPSA) is 42.7 Å². The van der Waals surface area contributed by atoms with Crippen LogP contribution in [0.1, 0.15) is 18.3 Å². The minimum absolute atomic E-state index is 0.0539. The van der Waals surface area contributed by atoms with Gasteiger partial charge in [-0.05, 0) is 18.6 Å². The van der Waals surface area contributed by atoms with Crippen LogP contribution >= 0.6 is 11.6 Å². The normalized spacial score (nSPS) is 17.2. The Hall–Kier alpha value is -1.39. The first-order valence-electron chi connectivity index (χ1n) is 6.57. The Morgan fingerprint density at radius 3 is 2.79 bits per heavy atom. The van der Waals surface area contributed by atoms with E-state index in [-0.39, 0.29) is 5.41 Å². The third-order valence-corrected chi connectivity index (χ3v) is 4.19. The second kappa shape index (κ2) is 4.94. The fourth-order valence-electron chi connectivity index (χ4n) is 2.72. The molecule has 0 amide bonds. The molecular weight excluding hydrogens is 260 g/mol. The van der Waals surface area contributed by atoms with Crippen LogP contribution in [0.25, 0.3) is 0 Å². The molecule has 100 valence electrons. The van der Waals surface area contributed by atoms with E-state index in [4.69, 9.17) is 11.6 Å². The summed E-state index contributed by atoms with van der Waals surface area (Å²) in [6.45, 7) is 4.81. The van der Waals surface area contributed by atoms with E-state index < -0.39 is 0 Å². The van der Waals surface area contributed by atoms with Crippen LogP contribution in [0.15, 0.2) is 30.6 Å². The number of aryl methyl sites for hydroxylation is 1. The maximum atomic E-state index is 6.36. The van der Waals surface area contributed by atoms with Gasteiger partial charge in [0, 0.05) is 36.5 Å². The lowest BCUT2D eigenvalue weighted by molar-refractivity contribution is 0.266. The molecule has 0 atom stereocenters. The molecule has 1 aromatic carbocycles. The molecule has 0 spiro atoms. The van der Waals surface area contributed by atoms with Crippen LogP contribution in [0.5, 0.6) is 0 Å². The summed E-state index contributed by atoms with van der Waals surface area (Å²) in [5.41, 5.74) is 1.26. The van der Waals surface area contributed by atoms with Crippen molar-refractivity contribution in [1.82, 2.24) is 20.1 Å². The minimum atomic E-state index is 0.0539. The maximum Gasteiger partial charge on any atom is 0.138 e. The number of nitrogens with one attached hydrogen (secondary N) is 1. The fourth-order valence-corrected chi connectivity index (χ4v) is 3.06. The highest BCUT2D eigenvalue weighted by atomic mass is 35.5. The van der Waals surface area contributed by atoms with Gasteiger partial charge in [-0.3, -0.25) is 4.68 Å². The van der Waals surface area contributed by atoms with Crippen LogP contribution in [-0.4, -0.2) is 27.9 Å². The van der Waals surface area contributed by atoms with Gasteiger partial charge in [0.25, 0.3) is 0 Å². The Morgan fingerprint density at radius 2 is 2.16 bits per heavy atom. The number of hydrogen-bond acceptors (Lipinski definition) is 3. The number of nitrogens with zero attached hydrogens (tertiary/aromatic N) is 3. The molecule has 0 radical (unpaired) electrons. The van der Waals surface area contributed by atoms with Crippen molar-refractivity contribution in [2.24, 2.45) is 0 Å². The Bertz CT molecular complexity index is 574. The third-order valence-electron chi connectivity index (χ3n) is 3.86. The number of halogens is 1. The minimum Gasteiger partial charge on any atom is -0.315 e. The van der Waals surface area contributed by atoms with Gasteiger partial charge in [-0.25, -0.2) is 4.98 Å². The summed E-state index contributed by atoms with van der Waals surface area (Å²) in [4.78, 5) is 4.39. The van der Waals surface area contributed by atoms with Gasteiger partial charge in [0.2, 0.25) is 0 Å². The molecule has 3 rings (SSSR count). The lowest BCUT2D eigenvalue weighted by Gasteiger charge is -2.43. The molecule has 1 N–H and O–H groups in total. The first-order valence-corrected chi connectivity index (χ1v) is 6.95. The summed E-state index contributed by atoms with van der Waals surface area (Å²) < 4.78 is 1.96. The zero-order valence-corrected chi connectivity index (χ0v) is 11.7. The van der Waals surface area contributed by atoms with Gasteiger partial charge in [0.15, 0.2) is 0 Å². The molecule has 1 aliphatic rings. The van der Waals surface area contributed by atoms with E-state index in [0.29, 0.717) is 0 Å². The van der Waals surface area contributed by atoms with Crippen molar-refractivity contribution in [3.63, 3.8) is 0 Å². The van der Waals surface area contributed by atoms with Gasteiger partial charge in [0.1, 0.15) is 12.2 Å². The average Bonchev–Trinajstić information content (AvgIpc) is 2.82. The molecule has 2 aromatic rings. The zero-order valence-electron chi connectivity index (χ0n) is 10.9. The van der Waals surface area contributed by atoms with Gasteiger partial charge >= 0.3 is 0 Å². The Balaban J connectivity index is 1.94. The van der Waals surface area contributed by atoms with E-state index in [1.54, 1.807) is 6.33 Å². The number of hydrogen-bond donors (Lipinski definition) is 1. The predicted octanol–water partition coefficient (Wildman–Crippen LogP) is 2.04. The molecule has 1 aliphatic heterocycles. The van der Waals surface area contributed by atoms with Crippen molar-refractivity contribution in [2.75, 3.05) is 13.1 Å². The first-order chi connectivity index (χ1) is 9.25. The van der Waals surface area contributed by atoms with Gasteiger partial charge < -0.3 is 5.32 Å². The lowest BCUT2D eigenvalue weighted by Crippen LogP contribution is -2.58. The summed E-state index contributed by atoms with van der Waals surface area (Å²) in [5, 5.41) is 8.45. The van der Waals surface area contributed by atoms with E-state index in [1.807, 2.05) is 22.9 Å². The standard InChI is InChI=1S/C14H17ClN4/c1-2-19-13(17-10-18-19)7-14(8-16-9-14)11-5-3-4-6-12(11)15/h3-6,10,16H,2,7-9H2,1H3. The molecule has 0 saturated carbocycles. The van der Waals surface area contributed by atoms with Crippen molar-refractivity contribution >= 4 is 11.6 Å². The van der Waals surface area contributed by atoms with E-state index in [2.05, 4.69) is 28.4 Å². The molecule has 0 bridgehead atoms. The molecule has 19 heavy (non-hydrogen) atoms. The van der Waals surface area contributed by atoms with E-state index >= 15 is 0 Å². The first kappa shape index (κ1) is 12.6. The van der Waals surface area contributed by atoms with E-state index in [0.717, 1.165) is 36.9 Å². The van der Waals surface area contributed by atoms with Gasteiger partial charge in [-0.2, -0.15) is 5.10 Å². The molecule has 4 nitrogen and oxygen atoms in total. The van der Waals surface area contributed by atoms with Gasteiger partial charge in [-0.15, -0.1) is 0 Å². The summed E-state index contributed by atoms with van der Waals surface area (Å²) in [7, 11) is 0. The summed E-state index contributed by atoms with van der Waals surface area (Å²) in [5.74, 6) is 1.03. The summed E-state index contributed by atoms with van der Waals surface area (Å²) >= 11 is 6.36. The number of benzene rings is 1. The van der Waals surface area contributed by atoms with Crippen LogP contribution in [-0.2, 0) is 18.4 Å². The van der Waals surface area contributed by atoms with Crippen molar-refractivity contribution < 1.29 is 0 Å². The molecule has 0 unspecified atom stereocenters. The number of rotatable bonds is 4. The SMILES string of the molecule is CCn1ncnc1CC1(c2ccccc2Cl)CNC1. The van der Waals surface area contributed by atoms with Crippen molar-refractivity contribution in [2.45, 2.75) is 25.3 Å². The molecule has 1 fully saturated rings. The molecule has 0 aliphatic carbocycles. The summed E-state index contributed by atoms with van der Waals surface area (Å²) in [6, 6.07) is 8.10. The van der Waals surface area contributed by atoms with E-state index in [9.17, 15) is 0 Å². The largest absolute Gasteiger partial charge is 0.315 e. The van der Waals surface area contributed by atoms with Crippen LogP contribution in [0.2, 0.25) is 5.02 Å². The highest BCUT2D eigenvalue weighted by Crippen LogP contribution is 2.36. The average molecular weight is 277 g/mol. The highest BCUT2D eigenvalue weighted by Gasteiger charge is 2.41. The quantitative estimate of drug-likeness (QED) is 0.929. The Labute approximate surface area is 117 Å². The maximum absolute atomic E-state index is 6.36. The highest BCUT2D eigenvalue weighted by molar-refractivity contribution is 6.31. The van der Waals surface area contributed by atoms with Crippen molar-refractivity contribution in [1.29, 1.82) is 0 Å². The molecular formula is C14H17ClN4. The van der Waals surface area contributed by atoms with E-state index in [1.165, 1.54) is 5.56 Å². The van der Waals surface area contributed by atoms with Gasteiger partial charge in [-0.1, -0.05) is 29.8 Å². The van der Waals surface area contributed by atoms with Gasteiger partial charge in [0.05, 0.1) is 0 Å². The van der Waals surface area contributed by atoms with Crippen molar-refractivity contribution in [3.8, 4) is 0 Å². The number of aromatic nitrogens is 3. The Kier molecular flexibility index (Phi) is 3.29.